The van der Waals surface area contributed by atoms with Crippen LogP contribution in [0.2, 0.25) is 0 Å². The van der Waals surface area contributed by atoms with Crippen molar-refractivity contribution in [1.82, 2.24) is 9.88 Å². The van der Waals surface area contributed by atoms with E-state index in [1.54, 1.807) is 29.4 Å². The zero-order valence-electron chi connectivity index (χ0n) is 14.5. The van der Waals surface area contributed by atoms with Crippen LogP contribution in [0.1, 0.15) is 41.3 Å². The first-order chi connectivity index (χ1) is 12.1. The molecule has 0 saturated carbocycles. The van der Waals surface area contributed by atoms with Gasteiger partial charge in [-0.25, -0.2) is 9.78 Å². The summed E-state index contributed by atoms with van der Waals surface area (Å²) in [7, 11) is 0. The summed E-state index contributed by atoms with van der Waals surface area (Å²) < 4.78 is 4.94. The van der Waals surface area contributed by atoms with Gasteiger partial charge in [0.05, 0.1) is 13.2 Å². The minimum Gasteiger partial charge on any atom is -0.461 e. The standard InChI is InChI=1S/C19H22N2O3S/c1-3-12-21(18(22)11-10-15-8-6-5-7-9-15)13-17-20-16(14-25-17)19(23)24-4-2/h5-11,14H,3-4,12-13H2,1-2H3/b11-10+. The van der Waals surface area contributed by atoms with Crippen LogP contribution in [0.25, 0.3) is 6.08 Å². The van der Waals surface area contributed by atoms with E-state index in [0.29, 0.717) is 25.4 Å². The molecule has 0 atom stereocenters. The molecule has 0 bridgehead atoms. The average Bonchev–Trinajstić information content (AvgIpc) is 3.09. The predicted molar refractivity (Wildman–Crippen MR) is 99.3 cm³/mol. The molecule has 0 radical (unpaired) electrons. The molecule has 0 spiro atoms. The summed E-state index contributed by atoms with van der Waals surface area (Å²) >= 11 is 1.36. The van der Waals surface area contributed by atoms with Crippen molar-refractivity contribution in [3.05, 3.63) is 58.1 Å². The predicted octanol–water partition coefficient (Wildman–Crippen LogP) is 3.77. The fourth-order valence-corrected chi connectivity index (χ4v) is 3.00. The highest BCUT2D eigenvalue weighted by molar-refractivity contribution is 7.09. The number of amides is 1. The number of carbonyl (C=O) groups is 2. The molecule has 6 heteroatoms. The molecule has 0 aliphatic carbocycles. The molecule has 0 saturated heterocycles. The average molecular weight is 358 g/mol. The Balaban J connectivity index is 2.03. The molecule has 5 nitrogen and oxygen atoms in total. The smallest absolute Gasteiger partial charge is 0.357 e. The molecule has 1 amide bonds. The Morgan fingerprint density at radius 1 is 1.24 bits per heavy atom. The summed E-state index contributed by atoms with van der Waals surface area (Å²) in [5, 5.41) is 2.39. The van der Waals surface area contributed by atoms with E-state index in [4.69, 9.17) is 4.74 Å². The van der Waals surface area contributed by atoms with E-state index in [1.807, 2.05) is 37.3 Å². The number of nitrogens with zero attached hydrogens (tertiary/aromatic N) is 2. The maximum atomic E-state index is 12.5. The Hall–Kier alpha value is -2.47. The minimum absolute atomic E-state index is 0.0708. The van der Waals surface area contributed by atoms with Crippen LogP contribution >= 0.6 is 11.3 Å². The third kappa shape index (κ3) is 5.83. The quantitative estimate of drug-likeness (QED) is 0.532. The molecule has 25 heavy (non-hydrogen) atoms. The van der Waals surface area contributed by atoms with Crippen LogP contribution in [0.15, 0.2) is 41.8 Å². The molecular weight excluding hydrogens is 336 g/mol. The molecule has 0 aliphatic rings. The van der Waals surface area contributed by atoms with Crippen molar-refractivity contribution >= 4 is 29.3 Å². The highest BCUT2D eigenvalue weighted by Gasteiger charge is 2.16. The molecule has 1 aromatic carbocycles. The van der Waals surface area contributed by atoms with Gasteiger partial charge in [0.25, 0.3) is 0 Å². The summed E-state index contributed by atoms with van der Waals surface area (Å²) in [6, 6.07) is 9.69. The van der Waals surface area contributed by atoms with Gasteiger partial charge in [0.1, 0.15) is 5.01 Å². The van der Waals surface area contributed by atoms with Gasteiger partial charge in [0.2, 0.25) is 5.91 Å². The van der Waals surface area contributed by atoms with Crippen molar-refractivity contribution in [3.63, 3.8) is 0 Å². The van der Waals surface area contributed by atoms with Gasteiger partial charge in [-0.05, 0) is 25.0 Å². The zero-order valence-corrected chi connectivity index (χ0v) is 15.3. The van der Waals surface area contributed by atoms with E-state index in [-0.39, 0.29) is 5.91 Å². The van der Waals surface area contributed by atoms with Gasteiger partial charge < -0.3 is 9.64 Å². The van der Waals surface area contributed by atoms with Crippen molar-refractivity contribution in [2.45, 2.75) is 26.8 Å². The second kappa shape index (κ2) is 9.74. The summed E-state index contributed by atoms with van der Waals surface area (Å²) in [5.41, 5.74) is 1.27. The molecule has 0 N–H and O–H groups in total. The fraction of sp³-hybridized carbons (Fsp3) is 0.316. The fourth-order valence-electron chi connectivity index (χ4n) is 2.22. The Morgan fingerprint density at radius 2 is 2.00 bits per heavy atom. The van der Waals surface area contributed by atoms with E-state index in [2.05, 4.69) is 4.98 Å². The first-order valence-corrected chi connectivity index (χ1v) is 9.15. The topological polar surface area (TPSA) is 59.5 Å². The third-order valence-electron chi connectivity index (χ3n) is 3.39. The van der Waals surface area contributed by atoms with E-state index in [1.165, 1.54) is 11.3 Å². The molecular formula is C19H22N2O3S. The zero-order chi connectivity index (χ0) is 18.1. The Kier molecular flexibility index (Phi) is 7.35. The van der Waals surface area contributed by atoms with E-state index >= 15 is 0 Å². The largest absolute Gasteiger partial charge is 0.461 e. The van der Waals surface area contributed by atoms with Gasteiger partial charge in [-0.3, -0.25) is 4.79 Å². The first kappa shape index (κ1) is 18.9. The van der Waals surface area contributed by atoms with Gasteiger partial charge in [0.15, 0.2) is 5.69 Å². The number of carbonyl (C=O) groups excluding carboxylic acids is 2. The Labute approximate surface area is 152 Å². The van der Waals surface area contributed by atoms with E-state index in [0.717, 1.165) is 17.0 Å². The van der Waals surface area contributed by atoms with Crippen LogP contribution < -0.4 is 0 Å². The number of hydrogen-bond donors (Lipinski definition) is 0. The highest BCUT2D eigenvalue weighted by Crippen LogP contribution is 2.14. The monoisotopic (exact) mass is 358 g/mol. The SMILES string of the molecule is CCCN(Cc1nc(C(=O)OCC)cs1)C(=O)/C=C/c1ccccc1. The van der Waals surface area contributed by atoms with Crippen LogP contribution in [0, 0.1) is 0 Å². The third-order valence-corrected chi connectivity index (χ3v) is 4.22. The van der Waals surface area contributed by atoms with Crippen LogP contribution in [0.5, 0.6) is 0 Å². The minimum atomic E-state index is -0.428. The lowest BCUT2D eigenvalue weighted by molar-refractivity contribution is -0.126. The van der Waals surface area contributed by atoms with Crippen molar-refractivity contribution in [2.24, 2.45) is 0 Å². The molecule has 1 heterocycles. The number of aromatic nitrogens is 1. The van der Waals surface area contributed by atoms with Crippen molar-refractivity contribution in [3.8, 4) is 0 Å². The van der Waals surface area contributed by atoms with Gasteiger partial charge in [-0.2, -0.15) is 0 Å². The molecule has 1 aromatic heterocycles. The van der Waals surface area contributed by atoms with Gasteiger partial charge >= 0.3 is 5.97 Å². The molecule has 132 valence electrons. The Morgan fingerprint density at radius 3 is 2.68 bits per heavy atom. The number of rotatable bonds is 8. The summed E-state index contributed by atoms with van der Waals surface area (Å²) in [5.74, 6) is -0.499. The van der Waals surface area contributed by atoms with Crippen LogP contribution in [-0.2, 0) is 16.1 Å². The first-order valence-electron chi connectivity index (χ1n) is 8.27. The lowest BCUT2D eigenvalue weighted by Crippen LogP contribution is -2.29. The van der Waals surface area contributed by atoms with Crippen molar-refractivity contribution in [2.75, 3.05) is 13.2 Å². The van der Waals surface area contributed by atoms with Crippen molar-refractivity contribution in [1.29, 1.82) is 0 Å². The molecule has 0 aliphatic heterocycles. The summed E-state index contributed by atoms with van der Waals surface area (Å²) in [4.78, 5) is 30.2. The number of esters is 1. The van der Waals surface area contributed by atoms with Gasteiger partial charge in [-0.15, -0.1) is 11.3 Å². The Bertz CT molecular complexity index is 725. The molecule has 0 fully saturated rings. The normalized spacial score (nSPS) is 10.8. The van der Waals surface area contributed by atoms with Gasteiger partial charge in [0, 0.05) is 18.0 Å². The van der Waals surface area contributed by atoms with Crippen LogP contribution in [-0.4, -0.2) is 34.9 Å². The lowest BCUT2D eigenvalue weighted by Gasteiger charge is -2.19. The van der Waals surface area contributed by atoms with Gasteiger partial charge in [-0.1, -0.05) is 37.3 Å². The number of thiazole rings is 1. The molecule has 0 unspecified atom stereocenters. The van der Waals surface area contributed by atoms with Crippen molar-refractivity contribution < 1.29 is 14.3 Å². The molecule has 2 rings (SSSR count). The number of benzene rings is 1. The van der Waals surface area contributed by atoms with E-state index < -0.39 is 5.97 Å². The highest BCUT2D eigenvalue weighted by atomic mass is 32.1. The number of hydrogen-bond acceptors (Lipinski definition) is 5. The second-order valence-electron chi connectivity index (χ2n) is 5.35. The number of ether oxygens (including phenoxy) is 1. The summed E-state index contributed by atoms with van der Waals surface area (Å²) in [6.07, 6.45) is 4.22. The van der Waals surface area contributed by atoms with Crippen LogP contribution in [0.4, 0.5) is 0 Å². The second-order valence-corrected chi connectivity index (χ2v) is 6.29. The maximum Gasteiger partial charge on any atom is 0.357 e. The van der Waals surface area contributed by atoms with Crippen LogP contribution in [0.3, 0.4) is 0 Å². The maximum absolute atomic E-state index is 12.5. The van der Waals surface area contributed by atoms with E-state index in [9.17, 15) is 9.59 Å². The lowest BCUT2D eigenvalue weighted by atomic mass is 10.2. The summed E-state index contributed by atoms with van der Waals surface area (Å²) in [6.45, 7) is 5.11. The molecule has 2 aromatic rings.